The summed E-state index contributed by atoms with van der Waals surface area (Å²) in [5.74, 6) is 2.23. The first-order valence-corrected chi connectivity index (χ1v) is 6.16. The van der Waals surface area contributed by atoms with Crippen molar-refractivity contribution in [2.75, 3.05) is 6.54 Å². The minimum atomic E-state index is -0.278. The molecule has 0 atom stereocenters. The van der Waals surface area contributed by atoms with Gasteiger partial charge in [-0.2, -0.15) is 0 Å². The lowest BCUT2D eigenvalue weighted by Crippen LogP contribution is -2.24. The van der Waals surface area contributed by atoms with Crippen LogP contribution in [-0.4, -0.2) is 17.6 Å². The number of rotatable bonds is 4. The Morgan fingerprint density at radius 1 is 1.26 bits per heavy atom. The molecule has 2 rings (SSSR count). The largest absolute Gasteiger partial charge is 0.507 e. The summed E-state index contributed by atoms with van der Waals surface area (Å²) in [7, 11) is 0. The van der Waals surface area contributed by atoms with Crippen LogP contribution in [0.25, 0.3) is 10.8 Å². The fraction of sp³-hybridized carbons (Fsp3) is 0.188. The van der Waals surface area contributed by atoms with Crippen LogP contribution >= 0.6 is 0 Å². The highest BCUT2D eigenvalue weighted by Crippen LogP contribution is 2.24. The zero-order valence-corrected chi connectivity index (χ0v) is 10.5. The summed E-state index contributed by atoms with van der Waals surface area (Å²) >= 11 is 0. The predicted octanol–water partition coefficient (Wildman–Crippen LogP) is 2.69. The standard InChI is InChI=1S/C16H15NO2/c1-2-3-6-9-17-16(19)14-10-12-7-4-5-8-13(12)11-15(14)18/h1,4-5,7-8,10-11,18H,3,6,9H2,(H,17,19). The molecule has 0 fully saturated rings. The van der Waals surface area contributed by atoms with E-state index in [-0.39, 0.29) is 11.7 Å². The first-order chi connectivity index (χ1) is 9.22. The maximum atomic E-state index is 11.9. The van der Waals surface area contributed by atoms with Crippen LogP contribution < -0.4 is 5.32 Å². The zero-order valence-electron chi connectivity index (χ0n) is 10.5. The highest BCUT2D eigenvalue weighted by Gasteiger charge is 2.11. The molecule has 3 heteroatoms. The molecule has 0 radical (unpaired) electrons. The van der Waals surface area contributed by atoms with Gasteiger partial charge in [0.25, 0.3) is 5.91 Å². The third kappa shape index (κ3) is 3.05. The van der Waals surface area contributed by atoms with Gasteiger partial charge in [-0.3, -0.25) is 4.79 Å². The molecule has 0 saturated heterocycles. The van der Waals surface area contributed by atoms with Gasteiger partial charge in [-0.1, -0.05) is 24.3 Å². The molecule has 3 nitrogen and oxygen atoms in total. The maximum Gasteiger partial charge on any atom is 0.255 e. The van der Waals surface area contributed by atoms with E-state index in [0.717, 1.165) is 17.2 Å². The Morgan fingerprint density at radius 3 is 2.63 bits per heavy atom. The number of phenols is 1. The van der Waals surface area contributed by atoms with Gasteiger partial charge in [0.15, 0.2) is 0 Å². The molecule has 2 aromatic carbocycles. The Kier molecular flexibility index (Phi) is 4.04. The maximum absolute atomic E-state index is 11.9. The first-order valence-electron chi connectivity index (χ1n) is 6.16. The van der Waals surface area contributed by atoms with E-state index in [1.54, 1.807) is 12.1 Å². The van der Waals surface area contributed by atoms with Gasteiger partial charge >= 0.3 is 0 Å². The zero-order chi connectivity index (χ0) is 13.7. The molecule has 0 saturated carbocycles. The first kappa shape index (κ1) is 13.0. The number of aromatic hydroxyl groups is 1. The number of nitrogens with one attached hydrogen (secondary N) is 1. The Balaban J connectivity index is 2.17. The third-order valence-electron chi connectivity index (χ3n) is 2.89. The van der Waals surface area contributed by atoms with Crippen molar-refractivity contribution in [2.45, 2.75) is 12.8 Å². The Bertz CT molecular complexity index is 641. The Labute approximate surface area is 112 Å². The second-order valence-corrected chi connectivity index (χ2v) is 4.28. The Morgan fingerprint density at radius 2 is 1.95 bits per heavy atom. The molecule has 19 heavy (non-hydrogen) atoms. The topological polar surface area (TPSA) is 49.3 Å². The fourth-order valence-corrected chi connectivity index (χ4v) is 1.90. The van der Waals surface area contributed by atoms with Gasteiger partial charge in [0.2, 0.25) is 0 Å². The average Bonchev–Trinajstić information content (AvgIpc) is 2.42. The number of phenolic OH excluding ortho intramolecular Hbond substituents is 1. The van der Waals surface area contributed by atoms with Gasteiger partial charge in [0.05, 0.1) is 5.56 Å². The van der Waals surface area contributed by atoms with Crippen LogP contribution in [0.3, 0.4) is 0 Å². The van der Waals surface area contributed by atoms with Crippen molar-refractivity contribution in [1.82, 2.24) is 5.32 Å². The van der Waals surface area contributed by atoms with Crippen LogP contribution in [-0.2, 0) is 0 Å². The summed E-state index contributed by atoms with van der Waals surface area (Å²) in [4.78, 5) is 11.9. The van der Waals surface area contributed by atoms with E-state index < -0.39 is 0 Å². The molecule has 0 aliphatic carbocycles. The van der Waals surface area contributed by atoms with Gasteiger partial charge in [0, 0.05) is 13.0 Å². The number of unbranched alkanes of at least 4 members (excludes halogenated alkanes) is 1. The molecule has 0 unspecified atom stereocenters. The molecule has 2 N–H and O–H groups in total. The number of carbonyl (C=O) groups excluding carboxylic acids is 1. The van der Waals surface area contributed by atoms with Gasteiger partial charge < -0.3 is 10.4 Å². The van der Waals surface area contributed by atoms with Crippen LogP contribution in [0, 0.1) is 12.3 Å². The van der Waals surface area contributed by atoms with E-state index in [1.807, 2.05) is 24.3 Å². The second kappa shape index (κ2) is 5.92. The van der Waals surface area contributed by atoms with Crippen molar-refractivity contribution in [2.24, 2.45) is 0 Å². The Hall–Kier alpha value is -2.47. The van der Waals surface area contributed by atoms with Crippen molar-refractivity contribution in [1.29, 1.82) is 0 Å². The monoisotopic (exact) mass is 253 g/mol. The predicted molar refractivity (Wildman–Crippen MR) is 76.0 cm³/mol. The lowest BCUT2D eigenvalue weighted by Gasteiger charge is -2.07. The minimum Gasteiger partial charge on any atom is -0.507 e. The van der Waals surface area contributed by atoms with Gasteiger partial charge in [-0.05, 0) is 29.3 Å². The molecular weight excluding hydrogens is 238 g/mol. The van der Waals surface area contributed by atoms with Crippen LogP contribution in [0.15, 0.2) is 36.4 Å². The molecule has 0 heterocycles. The number of fused-ring (bicyclic) bond motifs is 1. The minimum absolute atomic E-state index is 0.00634. The average molecular weight is 253 g/mol. The molecule has 0 aliphatic rings. The molecule has 2 aromatic rings. The number of hydrogen-bond donors (Lipinski definition) is 2. The number of terminal acetylenes is 1. The fourth-order valence-electron chi connectivity index (χ4n) is 1.90. The van der Waals surface area contributed by atoms with Crippen LogP contribution in [0.5, 0.6) is 5.75 Å². The van der Waals surface area contributed by atoms with Crippen molar-refractivity contribution in [3.63, 3.8) is 0 Å². The van der Waals surface area contributed by atoms with E-state index in [1.165, 1.54) is 0 Å². The summed E-state index contributed by atoms with van der Waals surface area (Å²) < 4.78 is 0. The van der Waals surface area contributed by atoms with Crippen LogP contribution in [0.1, 0.15) is 23.2 Å². The van der Waals surface area contributed by atoms with E-state index >= 15 is 0 Å². The number of amides is 1. The smallest absolute Gasteiger partial charge is 0.255 e. The molecule has 1 amide bonds. The van der Waals surface area contributed by atoms with E-state index in [0.29, 0.717) is 18.5 Å². The molecule has 0 spiro atoms. The lowest BCUT2D eigenvalue weighted by molar-refractivity contribution is 0.0951. The molecule has 96 valence electrons. The van der Waals surface area contributed by atoms with Gasteiger partial charge in [-0.25, -0.2) is 0 Å². The SMILES string of the molecule is C#CCCCNC(=O)c1cc2ccccc2cc1O. The molecule has 0 aromatic heterocycles. The summed E-state index contributed by atoms with van der Waals surface area (Å²) in [5, 5.41) is 14.5. The van der Waals surface area contributed by atoms with Gasteiger partial charge in [-0.15, -0.1) is 12.3 Å². The lowest BCUT2D eigenvalue weighted by atomic mass is 10.1. The summed E-state index contributed by atoms with van der Waals surface area (Å²) in [5.41, 5.74) is 0.291. The summed E-state index contributed by atoms with van der Waals surface area (Å²) in [6, 6.07) is 10.9. The summed E-state index contributed by atoms with van der Waals surface area (Å²) in [6.45, 7) is 0.509. The molecule has 0 bridgehead atoms. The van der Waals surface area contributed by atoms with E-state index in [4.69, 9.17) is 6.42 Å². The molecule has 0 aliphatic heterocycles. The summed E-state index contributed by atoms with van der Waals surface area (Å²) in [6.07, 6.45) is 6.50. The highest BCUT2D eigenvalue weighted by molar-refractivity contribution is 6.01. The number of benzene rings is 2. The van der Waals surface area contributed by atoms with Gasteiger partial charge in [0.1, 0.15) is 5.75 Å². The highest BCUT2D eigenvalue weighted by atomic mass is 16.3. The van der Waals surface area contributed by atoms with Crippen molar-refractivity contribution in [3.05, 3.63) is 42.0 Å². The van der Waals surface area contributed by atoms with E-state index in [9.17, 15) is 9.90 Å². The van der Waals surface area contributed by atoms with E-state index in [2.05, 4.69) is 11.2 Å². The third-order valence-corrected chi connectivity index (χ3v) is 2.89. The number of carbonyl (C=O) groups is 1. The van der Waals surface area contributed by atoms with Crippen LogP contribution in [0.4, 0.5) is 0 Å². The van der Waals surface area contributed by atoms with Crippen LogP contribution in [0.2, 0.25) is 0 Å². The van der Waals surface area contributed by atoms with Crippen molar-refractivity contribution >= 4 is 16.7 Å². The van der Waals surface area contributed by atoms with Crippen molar-refractivity contribution < 1.29 is 9.90 Å². The quantitative estimate of drug-likeness (QED) is 0.650. The second-order valence-electron chi connectivity index (χ2n) is 4.28. The normalized spacial score (nSPS) is 10.1. The molecular formula is C16H15NO2. The number of hydrogen-bond acceptors (Lipinski definition) is 2. The van der Waals surface area contributed by atoms with Crippen molar-refractivity contribution in [3.8, 4) is 18.1 Å².